The maximum atomic E-state index is 12.5. The zero-order chi connectivity index (χ0) is 11.4. The van der Waals surface area contributed by atoms with Crippen LogP contribution >= 0.6 is 0 Å². The monoisotopic (exact) mass is 208 g/mol. The molecule has 0 radical (unpaired) electrons. The summed E-state index contributed by atoms with van der Waals surface area (Å²) in [5, 5.41) is 17.0. The number of nitriles is 2. The second kappa shape index (κ2) is 4.34. The average Bonchev–Trinajstić information content (AvgIpc) is 2.17. The van der Waals surface area contributed by atoms with Crippen LogP contribution in [-0.2, 0) is 6.42 Å². The molecule has 15 heavy (non-hydrogen) atoms. The summed E-state index contributed by atoms with van der Waals surface area (Å²) in [6, 6.07) is 4.36. The SMILES string of the molecule is N#CCc1cc(C(F)F)c(C#N)c(N)n1. The number of hydrogen-bond donors (Lipinski definition) is 1. The van der Waals surface area contributed by atoms with Crippen molar-refractivity contribution < 1.29 is 8.78 Å². The Bertz CT molecular complexity index is 456. The Morgan fingerprint density at radius 3 is 2.60 bits per heavy atom. The van der Waals surface area contributed by atoms with E-state index in [-0.39, 0.29) is 23.5 Å². The molecule has 76 valence electrons. The molecular weight excluding hydrogens is 202 g/mol. The molecule has 2 N–H and O–H groups in total. The first kappa shape index (κ1) is 10.9. The molecule has 0 amide bonds. The summed E-state index contributed by atoms with van der Waals surface area (Å²) in [4.78, 5) is 3.68. The second-order valence-electron chi connectivity index (χ2n) is 2.71. The van der Waals surface area contributed by atoms with Crippen LogP contribution in [0.2, 0.25) is 0 Å². The highest BCUT2D eigenvalue weighted by molar-refractivity contribution is 5.54. The lowest BCUT2D eigenvalue weighted by Gasteiger charge is -2.06. The van der Waals surface area contributed by atoms with Gasteiger partial charge in [0.2, 0.25) is 0 Å². The largest absolute Gasteiger partial charge is 0.383 e. The normalized spacial score (nSPS) is 9.67. The Balaban J connectivity index is 3.35. The molecule has 1 rings (SSSR count). The molecule has 0 aromatic carbocycles. The first-order chi connectivity index (χ1) is 7.10. The summed E-state index contributed by atoms with van der Waals surface area (Å²) in [5.74, 6) is -0.263. The fourth-order valence-electron chi connectivity index (χ4n) is 1.11. The maximum Gasteiger partial charge on any atom is 0.265 e. The number of hydrogen-bond acceptors (Lipinski definition) is 4. The van der Waals surface area contributed by atoms with Gasteiger partial charge in [-0.1, -0.05) is 0 Å². The standard InChI is InChI=1S/C9H6F2N4/c10-8(11)6-3-5(1-2-12)15-9(14)7(6)4-13/h3,8H,1H2,(H2,14,15). The minimum absolute atomic E-state index is 0.115. The van der Waals surface area contributed by atoms with E-state index in [1.165, 1.54) is 0 Å². The smallest absolute Gasteiger partial charge is 0.265 e. The van der Waals surface area contributed by atoms with Gasteiger partial charge in [-0.25, -0.2) is 13.8 Å². The number of aromatic nitrogens is 1. The van der Waals surface area contributed by atoms with E-state index in [9.17, 15) is 8.78 Å². The van der Waals surface area contributed by atoms with Crippen molar-refractivity contribution in [2.24, 2.45) is 0 Å². The summed E-state index contributed by atoms with van der Waals surface area (Å²) in [6.45, 7) is 0. The predicted molar refractivity (Wildman–Crippen MR) is 47.6 cm³/mol. The van der Waals surface area contributed by atoms with Gasteiger partial charge < -0.3 is 5.73 Å². The molecule has 0 bridgehead atoms. The van der Waals surface area contributed by atoms with Crippen LogP contribution in [0, 0.1) is 22.7 Å². The molecule has 0 atom stereocenters. The Morgan fingerprint density at radius 2 is 2.13 bits per heavy atom. The van der Waals surface area contributed by atoms with Crippen LogP contribution in [0.1, 0.15) is 23.2 Å². The molecule has 0 aliphatic heterocycles. The van der Waals surface area contributed by atoms with Gasteiger partial charge in [-0.3, -0.25) is 0 Å². The van der Waals surface area contributed by atoms with Crippen LogP contribution in [-0.4, -0.2) is 4.98 Å². The van der Waals surface area contributed by atoms with Gasteiger partial charge >= 0.3 is 0 Å². The number of nitrogen functional groups attached to an aromatic ring is 1. The topological polar surface area (TPSA) is 86.5 Å². The van der Waals surface area contributed by atoms with E-state index in [0.717, 1.165) is 6.07 Å². The van der Waals surface area contributed by atoms with Gasteiger partial charge in [0, 0.05) is 5.56 Å². The van der Waals surface area contributed by atoms with Gasteiger partial charge in [-0.15, -0.1) is 0 Å². The molecule has 1 aromatic heterocycles. The van der Waals surface area contributed by atoms with Crippen LogP contribution in [0.15, 0.2) is 6.07 Å². The predicted octanol–water partition coefficient (Wildman–Crippen LogP) is 1.54. The third-order valence-corrected chi connectivity index (χ3v) is 1.74. The summed E-state index contributed by atoms with van der Waals surface area (Å²) in [7, 11) is 0. The lowest BCUT2D eigenvalue weighted by molar-refractivity contribution is 0.151. The van der Waals surface area contributed by atoms with Crippen LogP contribution in [0.4, 0.5) is 14.6 Å². The lowest BCUT2D eigenvalue weighted by Crippen LogP contribution is -2.03. The number of pyridine rings is 1. The molecule has 0 fully saturated rings. The number of alkyl halides is 2. The quantitative estimate of drug-likeness (QED) is 0.798. The fraction of sp³-hybridized carbons (Fsp3) is 0.222. The molecule has 0 unspecified atom stereocenters. The zero-order valence-corrected chi connectivity index (χ0v) is 7.54. The van der Waals surface area contributed by atoms with Crippen molar-refractivity contribution >= 4 is 5.82 Å². The second-order valence-corrected chi connectivity index (χ2v) is 2.71. The van der Waals surface area contributed by atoms with Crippen molar-refractivity contribution in [2.45, 2.75) is 12.8 Å². The van der Waals surface area contributed by atoms with E-state index in [1.807, 2.05) is 0 Å². The van der Waals surface area contributed by atoms with Crippen molar-refractivity contribution in [2.75, 3.05) is 5.73 Å². The van der Waals surface area contributed by atoms with Gasteiger partial charge in [0.25, 0.3) is 6.43 Å². The van der Waals surface area contributed by atoms with Crippen molar-refractivity contribution in [3.8, 4) is 12.1 Å². The lowest BCUT2D eigenvalue weighted by atomic mass is 10.1. The number of nitrogens with zero attached hydrogens (tertiary/aromatic N) is 3. The summed E-state index contributed by atoms with van der Waals surface area (Å²) >= 11 is 0. The first-order valence-electron chi connectivity index (χ1n) is 3.94. The molecule has 1 heterocycles. The van der Waals surface area contributed by atoms with Crippen LogP contribution < -0.4 is 5.73 Å². The van der Waals surface area contributed by atoms with E-state index in [2.05, 4.69) is 4.98 Å². The molecule has 0 saturated heterocycles. The minimum Gasteiger partial charge on any atom is -0.383 e. The van der Waals surface area contributed by atoms with Gasteiger partial charge in [0.1, 0.15) is 17.5 Å². The highest BCUT2D eigenvalue weighted by Gasteiger charge is 2.17. The van der Waals surface area contributed by atoms with E-state index >= 15 is 0 Å². The van der Waals surface area contributed by atoms with E-state index < -0.39 is 12.0 Å². The first-order valence-corrected chi connectivity index (χ1v) is 3.94. The van der Waals surface area contributed by atoms with Crippen molar-refractivity contribution in [1.82, 2.24) is 4.98 Å². The number of halogens is 2. The van der Waals surface area contributed by atoms with Gasteiger partial charge in [0.15, 0.2) is 0 Å². The summed E-state index contributed by atoms with van der Waals surface area (Å²) in [5.41, 5.74) is 4.66. The molecule has 0 aliphatic rings. The minimum atomic E-state index is -2.80. The fourth-order valence-corrected chi connectivity index (χ4v) is 1.11. The zero-order valence-electron chi connectivity index (χ0n) is 7.54. The van der Waals surface area contributed by atoms with Gasteiger partial charge in [-0.2, -0.15) is 10.5 Å². The van der Waals surface area contributed by atoms with Gasteiger partial charge in [0.05, 0.1) is 18.2 Å². The van der Waals surface area contributed by atoms with Crippen LogP contribution in [0.25, 0.3) is 0 Å². The maximum absolute atomic E-state index is 12.5. The summed E-state index contributed by atoms with van der Waals surface area (Å²) < 4.78 is 25.0. The van der Waals surface area contributed by atoms with E-state index in [1.54, 1.807) is 12.1 Å². The Kier molecular flexibility index (Phi) is 3.14. The van der Waals surface area contributed by atoms with Crippen molar-refractivity contribution in [3.63, 3.8) is 0 Å². The molecule has 0 saturated carbocycles. The third-order valence-electron chi connectivity index (χ3n) is 1.74. The van der Waals surface area contributed by atoms with Gasteiger partial charge in [-0.05, 0) is 6.07 Å². The molecule has 1 aromatic rings. The van der Waals surface area contributed by atoms with Crippen molar-refractivity contribution in [3.05, 3.63) is 22.9 Å². The van der Waals surface area contributed by atoms with Crippen molar-refractivity contribution in [1.29, 1.82) is 10.5 Å². The summed E-state index contributed by atoms with van der Waals surface area (Å²) in [6.07, 6.45) is -2.92. The van der Waals surface area contributed by atoms with Crippen LogP contribution in [0.3, 0.4) is 0 Å². The molecule has 6 heteroatoms. The number of rotatable bonds is 2. The van der Waals surface area contributed by atoms with E-state index in [4.69, 9.17) is 16.3 Å². The average molecular weight is 208 g/mol. The third kappa shape index (κ3) is 2.18. The molecule has 0 aliphatic carbocycles. The molecular formula is C9H6F2N4. The molecule has 0 spiro atoms. The van der Waals surface area contributed by atoms with E-state index in [0.29, 0.717) is 0 Å². The number of anilines is 1. The number of nitrogens with two attached hydrogens (primary N) is 1. The highest BCUT2D eigenvalue weighted by Crippen LogP contribution is 2.26. The Labute approximate surface area is 84.6 Å². The highest BCUT2D eigenvalue weighted by atomic mass is 19.3. The molecule has 4 nitrogen and oxygen atoms in total. The Morgan fingerprint density at radius 1 is 1.47 bits per heavy atom. The Hall–Kier alpha value is -2.21. The van der Waals surface area contributed by atoms with Crippen LogP contribution in [0.5, 0.6) is 0 Å².